The third-order valence-corrected chi connectivity index (χ3v) is 4.78. The molecule has 3 atom stereocenters. The minimum atomic E-state index is -0.632. The van der Waals surface area contributed by atoms with E-state index in [-0.39, 0.29) is 11.8 Å². The highest BCUT2D eigenvalue weighted by molar-refractivity contribution is 5.82. The molecule has 2 saturated heterocycles. The van der Waals surface area contributed by atoms with Gasteiger partial charge in [0.1, 0.15) is 11.6 Å². The maximum Gasteiger partial charge on any atom is 0.411 e. The van der Waals surface area contributed by atoms with Crippen LogP contribution in [0.2, 0.25) is 0 Å². The summed E-state index contributed by atoms with van der Waals surface area (Å²) in [4.78, 5) is 26.3. The second kappa shape index (κ2) is 5.63. The highest BCUT2D eigenvalue weighted by Crippen LogP contribution is 2.51. The molecule has 3 fully saturated rings. The number of fused-ring (bicyclic) bond motifs is 1. The van der Waals surface area contributed by atoms with Gasteiger partial charge in [-0.25, -0.2) is 9.59 Å². The van der Waals surface area contributed by atoms with E-state index in [1.54, 1.807) is 0 Å². The molecule has 2 heterocycles. The molecule has 0 radical (unpaired) electrons. The molecule has 1 aliphatic carbocycles. The molecule has 0 bridgehead atoms. The van der Waals surface area contributed by atoms with Crippen LogP contribution >= 0.6 is 0 Å². The Morgan fingerprint density at radius 2 is 1.83 bits per heavy atom. The number of carbonyl (C=O) groups is 2. The number of ether oxygens (including phenoxy) is 4. The van der Waals surface area contributed by atoms with Crippen LogP contribution in [0.3, 0.4) is 0 Å². The van der Waals surface area contributed by atoms with Gasteiger partial charge in [0.2, 0.25) is 0 Å². The standard InChI is InChI=1S/C16H25NO6/c1-15(2,3)23-14(19)17-9-10-7-16(21-5-6-22-16)8-11(10)12(17)13(18)20-4/h10-12H,5-9H2,1-4H3/t10-,11-,12?/m0/s1. The summed E-state index contributed by atoms with van der Waals surface area (Å²) in [6.07, 6.45) is 0.839. The number of hydrogen-bond donors (Lipinski definition) is 0. The Morgan fingerprint density at radius 1 is 1.17 bits per heavy atom. The zero-order valence-electron chi connectivity index (χ0n) is 14.2. The van der Waals surface area contributed by atoms with Crippen LogP contribution in [0.4, 0.5) is 4.79 Å². The molecule has 1 unspecified atom stereocenters. The van der Waals surface area contributed by atoms with E-state index in [0.717, 1.165) is 0 Å². The lowest BCUT2D eigenvalue weighted by molar-refractivity contribution is -0.161. The van der Waals surface area contributed by atoms with Crippen molar-refractivity contribution in [3.8, 4) is 0 Å². The van der Waals surface area contributed by atoms with Gasteiger partial charge in [0.15, 0.2) is 5.79 Å². The Kier molecular flexibility index (Phi) is 4.04. The number of nitrogens with zero attached hydrogens (tertiary/aromatic N) is 1. The SMILES string of the molecule is COC(=O)C1[C@H]2CC3(C[C@H]2CN1C(=O)OC(C)(C)C)OCCO3. The van der Waals surface area contributed by atoms with Crippen LogP contribution in [0.25, 0.3) is 0 Å². The molecule has 1 spiro atoms. The molecule has 3 rings (SSSR count). The van der Waals surface area contributed by atoms with E-state index < -0.39 is 29.5 Å². The molecule has 1 saturated carbocycles. The monoisotopic (exact) mass is 327 g/mol. The van der Waals surface area contributed by atoms with E-state index in [1.807, 2.05) is 20.8 Å². The number of hydrogen-bond acceptors (Lipinski definition) is 6. The number of rotatable bonds is 1. The van der Waals surface area contributed by atoms with Crippen LogP contribution in [0, 0.1) is 11.8 Å². The Labute approximate surface area is 136 Å². The summed E-state index contributed by atoms with van der Waals surface area (Å²) in [5.41, 5.74) is -0.603. The first-order valence-electron chi connectivity index (χ1n) is 8.10. The molecular formula is C16H25NO6. The topological polar surface area (TPSA) is 74.3 Å². The van der Waals surface area contributed by atoms with Crippen molar-refractivity contribution in [2.24, 2.45) is 11.8 Å². The van der Waals surface area contributed by atoms with E-state index in [0.29, 0.717) is 32.6 Å². The van der Waals surface area contributed by atoms with Crippen LogP contribution in [-0.4, -0.2) is 61.3 Å². The summed E-state index contributed by atoms with van der Waals surface area (Å²) < 4.78 is 21.9. The predicted octanol–water partition coefficient (Wildman–Crippen LogP) is 1.55. The first-order chi connectivity index (χ1) is 10.7. The van der Waals surface area contributed by atoms with Gasteiger partial charge in [-0.3, -0.25) is 4.90 Å². The largest absolute Gasteiger partial charge is 0.467 e. The maximum absolute atomic E-state index is 12.5. The van der Waals surface area contributed by atoms with Gasteiger partial charge in [0, 0.05) is 25.3 Å². The highest BCUT2D eigenvalue weighted by atomic mass is 16.7. The van der Waals surface area contributed by atoms with Crippen LogP contribution in [0.5, 0.6) is 0 Å². The third-order valence-electron chi connectivity index (χ3n) is 4.78. The van der Waals surface area contributed by atoms with Gasteiger partial charge in [-0.05, 0) is 26.7 Å². The van der Waals surface area contributed by atoms with Crippen molar-refractivity contribution in [2.75, 3.05) is 26.9 Å². The van der Waals surface area contributed by atoms with Gasteiger partial charge < -0.3 is 18.9 Å². The smallest absolute Gasteiger partial charge is 0.411 e. The molecule has 7 nitrogen and oxygen atoms in total. The van der Waals surface area contributed by atoms with E-state index >= 15 is 0 Å². The van der Waals surface area contributed by atoms with E-state index in [4.69, 9.17) is 18.9 Å². The number of likely N-dealkylation sites (tertiary alicyclic amines) is 1. The lowest BCUT2D eigenvalue weighted by Crippen LogP contribution is -2.47. The zero-order chi connectivity index (χ0) is 16.8. The normalized spacial score (nSPS) is 32.2. The third kappa shape index (κ3) is 3.04. The number of carbonyl (C=O) groups excluding carboxylic acids is 2. The summed E-state index contributed by atoms with van der Waals surface area (Å²) in [5, 5.41) is 0. The first kappa shape index (κ1) is 16.5. The fourth-order valence-electron chi connectivity index (χ4n) is 3.99. The predicted molar refractivity (Wildman–Crippen MR) is 79.6 cm³/mol. The van der Waals surface area contributed by atoms with Gasteiger partial charge in [-0.2, -0.15) is 0 Å². The minimum Gasteiger partial charge on any atom is -0.467 e. The van der Waals surface area contributed by atoms with E-state index in [9.17, 15) is 9.59 Å². The maximum atomic E-state index is 12.5. The molecule has 2 aliphatic heterocycles. The van der Waals surface area contributed by atoms with Crippen LogP contribution in [0.15, 0.2) is 0 Å². The minimum absolute atomic E-state index is 0.0203. The molecule has 7 heteroatoms. The molecular weight excluding hydrogens is 302 g/mol. The van der Waals surface area contributed by atoms with E-state index in [2.05, 4.69) is 0 Å². The van der Waals surface area contributed by atoms with Crippen LogP contribution in [0.1, 0.15) is 33.6 Å². The van der Waals surface area contributed by atoms with E-state index in [1.165, 1.54) is 12.0 Å². The molecule has 0 N–H and O–H groups in total. The van der Waals surface area contributed by atoms with Crippen LogP contribution < -0.4 is 0 Å². The van der Waals surface area contributed by atoms with Gasteiger partial charge in [0.25, 0.3) is 0 Å². The molecule has 23 heavy (non-hydrogen) atoms. The molecule has 1 amide bonds. The Hall–Kier alpha value is -1.34. The second-order valence-corrected chi connectivity index (χ2v) is 7.54. The zero-order valence-corrected chi connectivity index (χ0v) is 14.2. The molecule has 0 aromatic rings. The number of methoxy groups -OCH3 is 1. The quantitative estimate of drug-likeness (QED) is 0.680. The Bertz CT molecular complexity index is 493. The van der Waals surface area contributed by atoms with Gasteiger partial charge in [-0.15, -0.1) is 0 Å². The van der Waals surface area contributed by atoms with Crippen molar-refractivity contribution in [1.29, 1.82) is 0 Å². The summed E-state index contributed by atoms with van der Waals surface area (Å²) in [5.74, 6) is -0.849. The van der Waals surface area contributed by atoms with Gasteiger partial charge in [-0.1, -0.05) is 0 Å². The summed E-state index contributed by atoms with van der Waals surface area (Å²) in [6.45, 7) is 7.06. The van der Waals surface area contributed by atoms with Gasteiger partial charge in [0.05, 0.1) is 20.3 Å². The lowest BCUT2D eigenvalue weighted by atomic mass is 9.94. The van der Waals surface area contributed by atoms with Crippen molar-refractivity contribution in [1.82, 2.24) is 4.90 Å². The fourth-order valence-corrected chi connectivity index (χ4v) is 3.99. The summed E-state index contributed by atoms with van der Waals surface area (Å²) >= 11 is 0. The van der Waals surface area contributed by atoms with Crippen LogP contribution in [-0.2, 0) is 23.7 Å². The molecule has 130 valence electrons. The Morgan fingerprint density at radius 3 is 2.39 bits per heavy atom. The molecule has 3 aliphatic rings. The highest BCUT2D eigenvalue weighted by Gasteiger charge is 2.59. The van der Waals surface area contributed by atoms with Crippen molar-refractivity contribution in [3.63, 3.8) is 0 Å². The average Bonchev–Trinajstić information content (AvgIpc) is 3.11. The summed E-state index contributed by atoms with van der Waals surface area (Å²) in [6, 6.07) is -0.632. The number of amides is 1. The van der Waals surface area contributed by atoms with Crippen molar-refractivity contribution in [2.45, 2.75) is 51.0 Å². The summed E-state index contributed by atoms with van der Waals surface area (Å²) in [7, 11) is 1.34. The molecule has 0 aromatic heterocycles. The Balaban J connectivity index is 1.78. The van der Waals surface area contributed by atoms with Crippen molar-refractivity contribution in [3.05, 3.63) is 0 Å². The second-order valence-electron chi connectivity index (χ2n) is 7.54. The first-order valence-corrected chi connectivity index (χ1v) is 8.10. The van der Waals surface area contributed by atoms with Crippen molar-refractivity contribution < 1.29 is 28.5 Å². The average molecular weight is 327 g/mol. The lowest BCUT2D eigenvalue weighted by Gasteiger charge is -2.31. The fraction of sp³-hybridized carbons (Fsp3) is 0.875. The molecule has 0 aromatic carbocycles. The number of esters is 1. The van der Waals surface area contributed by atoms with Gasteiger partial charge >= 0.3 is 12.1 Å². The van der Waals surface area contributed by atoms with Crippen molar-refractivity contribution >= 4 is 12.1 Å².